The van der Waals surface area contributed by atoms with Gasteiger partial charge in [0.25, 0.3) is 11.8 Å². The lowest BCUT2D eigenvalue weighted by Gasteiger charge is -2.20. The topological polar surface area (TPSA) is 67.9 Å². The van der Waals surface area contributed by atoms with E-state index < -0.39 is 17.5 Å². The molecule has 2 aromatic carbocycles. The van der Waals surface area contributed by atoms with Gasteiger partial charge in [0.05, 0.1) is 25.5 Å². The molecule has 1 heterocycles. The summed E-state index contributed by atoms with van der Waals surface area (Å²) < 4.78 is 37.4. The minimum atomic E-state index is -0.870. The highest BCUT2D eigenvalue weighted by molar-refractivity contribution is 6.09. The molecule has 0 unspecified atom stereocenters. The molecule has 6 nitrogen and oxygen atoms in total. The lowest BCUT2D eigenvalue weighted by Crippen LogP contribution is -2.29. The van der Waals surface area contributed by atoms with Gasteiger partial charge in [-0.25, -0.2) is 8.78 Å². The lowest BCUT2D eigenvalue weighted by molar-refractivity contribution is 0.0793. The summed E-state index contributed by atoms with van der Waals surface area (Å²) in [4.78, 5) is 27.1. The van der Waals surface area contributed by atoms with Gasteiger partial charge in [0.15, 0.2) is 11.5 Å². The van der Waals surface area contributed by atoms with Crippen LogP contribution in [0.15, 0.2) is 30.3 Å². The van der Waals surface area contributed by atoms with Gasteiger partial charge in [-0.2, -0.15) is 0 Å². The van der Waals surface area contributed by atoms with Crippen molar-refractivity contribution in [1.29, 1.82) is 0 Å². The number of carbonyl (C=O) groups excluding carboxylic acids is 2. The number of hydrogen-bond donors (Lipinski definition) is 1. The summed E-state index contributed by atoms with van der Waals surface area (Å²) in [5.74, 6) is -2.11. The Bertz CT molecular complexity index is 891. The second kappa shape index (κ2) is 8.24. The smallest absolute Gasteiger partial charge is 0.256 e. The quantitative estimate of drug-likeness (QED) is 0.849. The summed E-state index contributed by atoms with van der Waals surface area (Å²) in [6, 6.07) is 5.45. The summed E-state index contributed by atoms with van der Waals surface area (Å²) >= 11 is 0. The molecule has 2 amide bonds. The van der Waals surface area contributed by atoms with E-state index >= 15 is 0 Å². The van der Waals surface area contributed by atoms with Gasteiger partial charge in [0.2, 0.25) is 0 Å². The number of likely N-dealkylation sites (tertiary alicyclic amines) is 1. The van der Waals surface area contributed by atoms with Crippen LogP contribution in [0.3, 0.4) is 0 Å². The maximum absolute atomic E-state index is 13.4. The first kappa shape index (κ1) is 19.6. The molecule has 1 aliphatic heterocycles. The molecule has 28 heavy (non-hydrogen) atoms. The van der Waals surface area contributed by atoms with Gasteiger partial charge in [-0.05, 0) is 31.0 Å². The highest BCUT2D eigenvalue weighted by atomic mass is 19.1. The standard InChI is InChI=1S/C20H20F2N2O4/c1-27-17-10-15(20(26)24-5-3-4-6-24)16(11-18(17)28-2)23-19(25)12-7-13(21)9-14(22)8-12/h7-11H,3-6H2,1-2H3,(H,23,25). The normalized spacial score (nSPS) is 13.4. The van der Waals surface area contributed by atoms with E-state index in [0.717, 1.165) is 25.0 Å². The lowest BCUT2D eigenvalue weighted by atomic mass is 10.1. The van der Waals surface area contributed by atoms with Crippen molar-refractivity contribution in [3.63, 3.8) is 0 Å². The Morgan fingerprint density at radius 2 is 1.50 bits per heavy atom. The van der Waals surface area contributed by atoms with Crippen LogP contribution in [0.25, 0.3) is 0 Å². The van der Waals surface area contributed by atoms with E-state index in [9.17, 15) is 18.4 Å². The van der Waals surface area contributed by atoms with Gasteiger partial charge in [-0.3, -0.25) is 9.59 Å². The number of hydrogen-bond acceptors (Lipinski definition) is 4. The highest BCUT2D eigenvalue weighted by Crippen LogP contribution is 2.34. The first-order valence-electron chi connectivity index (χ1n) is 8.75. The number of rotatable bonds is 5. The molecule has 2 aromatic rings. The molecular formula is C20H20F2N2O4. The van der Waals surface area contributed by atoms with Crippen LogP contribution in [0.2, 0.25) is 0 Å². The van der Waals surface area contributed by atoms with Crippen molar-refractivity contribution in [2.45, 2.75) is 12.8 Å². The van der Waals surface area contributed by atoms with Crippen molar-refractivity contribution >= 4 is 17.5 Å². The van der Waals surface area contributed by atoms with Crippen LogP contribution < -0.4 is 14.8 Å². The van der Waals surface area contributed by atoms with Gasteiger partial charge in [0, 0.05) is 30.8 Å². The number of amides is 2. The number of nitrogens with zero attached hydrogens (tertiary/aromatic N) is 1. The Morgan fingerprint density at radius 1 is 0.929 bits per heavy atom. The zero-order valence-corrected chi connectivity index (χ0v) is 15.6. The van der Waals surface area contributed by atoms with Crippen LogP contribution in [-0.2, 0) is 0 Å². The number of ether oxygens (including phenoxy) is 2. The van der Waals surface area contributed by atoms with E-state index in [2.05, 4.69) is 5.32 Å². The van der Waals surface area contributed by atoms with Crippen molar-refractivity contribution in [2.24, 2.45) is 0 Å². The molecule has 0 radical (unpaired) electrons. The largest absolute Gasteiger partial charge is 0.493 e. The van der Waals surface area contributed by atoms with E-state index in [0.29, 0.717) is 30.7 Å². The summed E-state index contributed by atoms with van der Waals surface area (Å²) in [5.41, 5.74) is 0.181. The molecule has 0 spiro atoms. The Kier molecular flexibility index (Phi) is 5.77. The first-order chi connectivity index (χ1) is 13.4. The molecule has 3 rings (SSSR count). The Labute approximate surface area is 161 Å². The Morgan fingerprint density at radius 3 is 2.07 bits per heavy atom. The number of methoxy groups -OCH3 is 2. The maximum atomic E-state index is 13.4. The molecule has 0 atom stereocenters. The number of halogens is 2. The van der Waals surface area contributed by atoms with E-state index in [-0.39, 0.29) is 22.7 Å². The van der Waals surface area contributed by atoms with Crippen molar-refractivity contribution in [1.82, 2.24) is 4.90 Å². The van der Waals surface area contributed by atoms with Crippen LogP contribution in [0.1, 0.15) is 33.6 Å². The molecule has 1 saturated heterocycles. The van der Waals surface area contributed by atoms with Gasteiger partial charge < -0.3 is 19.7 Å². The first-order valence-corrected chi connectivity index (χ1v) is 8.75. The summed E-state index contributed by atoms with van der Waals surface area (Å²) in [7, 11) is 2.86. The highest BCUT2D eigenvalue weighted by Gasteiger charge is 2.25. The molecule has 0 aromatic heterocycles. The molecule has 8 heteroatoms. The SMILES string of the molecule is COc1cc(NC(=O)c2cc(F)cc(F)c2)c(C(=O)N2CCCC2)cc1OC. The zero-order chi connectivity index (χ0) is 20.3. The molecule has 0 saturated carbocycles. The fourth-order valence-electron chi connectivity index (χ4n) is 3.13. The van der Waals surface area contributed by atoms with Crippen molar-refractivity contribution < 1.29 is 27.8 Å². The summed E-state index contributed by atoms with van der Waals surface area (Å²) in [6.07, 6.45) is 1.81. The van der Waals surface area contributed by atoms with Gasteiger partial charge in [-0.15, -0.1) is 0 Å². The van der Waals surface area contributed by atoms with Crippen molar-refractivity contribution in [2.75, 3.05) is 32.6 Å². The fraction of sp³-hybridized carbons (Fsp3) is 0.300. The van der Waals surface area contributed by atoms with E-state index in [1.165, 1.54) is 26.4 Å². The second-order valence-electron chi connectivity index (χ2n) is 6.36. The number of carbonyl (C=O) groups is 2. The molecule has 1 N–H and O–H groups in total. The monoisotopic (exact) mass is 390 g/mol. The summed E-state index contributed by atoms with van der Waals surface area (Å²) in [5, 5.41) is 2.56. The molecule has 0 bridgehead atoms. The number of nitrogens with one attached hydrogen (secondary N) is 1. The average Bonchev–Trinajstić information content (AvgIpc) is 3.21. The predicted octanol–water partition coefficient (Wildman–Crippen LogP) is 3.47. The van der Waals surface area contributed by atoms with Crippen LogP contribution in [-0.4, -0.2) is 44.0 Å². The molecule has 1 aliphatic rings. The fourth-order valence-corrected chi connectivity index (χ4v) is 3.13. The molecule has 0 aliphatic carbocycles. The third kappa shape index (κ3) is 4.05. The van der Waals surface area contributed by atoms with Gasteiger partial charge >= 0.3 is 0 Å². The molecular weight excluding hydrogens is 370 g/mol. The molecule has 148 valence electrons. The minimum Gasteiger partial charge on any atom is -0.493 e. The Balaban J connectivity index is 1.99. The zero-order valence-electron chi connectivity index (χ0n) is 15.6. The van der Waals surface area contributed by atoms with Crippen LogP contribution in [0.5, 0.6) is 11.5 Å². The van der Waals surface area contributed by atoms with E-state index in [4.69, 9.17) is 9.47 Å². The van der Waals surface area contributed by atoms with Crippen molar-refractivity contribution in [3.8, 4) is 11.5 Å². The molecule has 1 fully saturated rings. The minimum absolute atomic E-state index is 0.171. The maximum Gasteiger partial charge on any atom is 0.256 e. The number of anilines is 1. The van der Waals surface area contributed by atoms with Crippen LogP contribution in [0.4, 0.5) is 14.5 Å². The van der Waals surface area contributed by atoms with E-state index in [1.54, 1.807) is 4.90 Å². The van der Waals surface area contributed by atoms with E-state index in [1.807, 2.05) is 0 Å². The predicted molar refractivity (Wildman–Crippen MR) is 99.0 cm³/mol. The van der Waals surface area contributed by atoms with Gasteiger partial charge in [0.1, 0.15) is 11.6 Å². The third-order valence-corrected chi connectivity index (χ3v) is 4.52. The third-order valence-electron chi connectivity index (χ3n) is 4.52. The average molecular weight is 390 g/mol. The Hall–Kier alpha value is -3.16. The summed E-state index contributed by atoms with van der Waals surface area (Å²) in [6.45, 7) is 1.24. The second-order valence-corrected chi connectivity index (χ2v) is 6.36. The van der Waals surface area contributed by atoms with Gasteiger partial charge in [-0.1, -0.05) is 0 Å². The number of benzene rings is 2. The van der Waals surface area contributed by atoms with Crippen molar-refractivity contribution in [3.05, 3.63) is 53.1 Å². The van der Waals surface area contributed by atoms with Crippen LogP contribution >= 0.6 is 0 Å². The van der Waals surface area contributed by atoms with Crippen LogP contribution in [0, 0.1) is 11.6 Å².